The van der Waals surface area contributed by atoms with E-state index in [-0.39, 0.29) is 37.2 Å². The third-order valence-electron chi connectivity index (χ3n) is 7.49. The molecule has 5 N–H and O–H groups in total. The molecule has 1 aliphatic rings. The summed E-state index contributed by atoms with van der Waals surface area (Å²) in [6, 6.07) is 14.7. The first-order valence-electron chi connectivity index (χ1n) is 13.5. The average Bonchev–Trinajstić information content (AvgIpc) is 3.34. The number of benzene rings is 3. The van der Waals surface area contributed by atoms with Crippen LogP contribution in [0.5, 0.6) is 5.75 Å². The highest BCUT2D eigenvalue weighted by Crippen LogP contribution is 2.26. The SMILES string of the molecule is Cc1cc(Cl)cc(Cl)c1CNC(=O)C1CC(O)CN1C(=O)C(O)C(Cc1ccccc1)NC(=O)c1cccc(O)c1C. The zero-order valence-electron chi connectivity index (χ0n) is 23.2. The second kappa shape index (κ2) is 13.6. The van der Waals surface area contributed by atoms with Gasteiger partial charge in [-0.05, 0) is 61.2 Å². The highest BCUT2D eigenvalue weighted by molar-refractivity contribution is 6.35. The fourth-order valence-electron chi connectivity index (χ4n) is 5.12. The first-order valence-corrected chi connectivity index (χ1v) is 14.2. The molecule has 1 heterocycles. The summed E-state index contributed by atoms with van der Waals surface area (Å²) in [6.45, 7) is 3.32. The molecule has 4 rings (SSSR count). The Morgan fingerprint density at radius 1 is 1.05 bits per heavy atom. The maximum atomic E-state index is 13.7. The lowest BCUT2D eigenvalue weighted by atomic mass is 9.98. The smallest absolute Gasteiger partial charge is 0.254 e. The summed E-state index contributed by atoms with van der Waals surface area (Å²) in [4.78, 5) is 41.2. The van der Waals surface area contributed by atoms with Crippen molar-refractivity contribution in [1.29, 1.82) is 0 Å². The summed E-state index contributed by atoms with van der Waals surface area (Å²) in [5.74, 6) is -1.96. The molecule has 0 aromatic heterocycles. The number of phenolic OH excluding ortho intramolecular Hbond substituents is 1. The molecule has 0 radical (unpaired) electrons. The van der Waals surface area contributed by atoms with E-state index < -0.39 is 42.0 Å². The van der Waals surface area contributed by atoms with Crippen LogP contribution < -0.4 is 10.6 Å². The molecule has 1 saturated heterocycles. The van der Waals surface area contributed by atoms with Crippen LogP contribution in [0.1, 0.15) is 39.0 Å². The van der Waals surface area contributed by atoms with Gasteiger partial charge in [-0.2, -0.15) is 0 Å². The van der Waals surface area contributed by atoms with Crippen LogP contribution in [0.15, 0.2) is 60.7 Å². The lowest BCUT2D eigenvalue weighted by molar-refractivity contribution is -0.146. The zero-order valence-corrected chi connectivity index (χ0v) is 24.7. The minimum Gasteiger partial charge on any atom is -0.508 e. The number of phenols is 1. The van der Waals surface area contributed by atoms with Crippen molar-refractivity contribution in [1.82, 2.24) is 15.5 Å². The Hall–Kier alpha value is -3.63. The van der Waals surface area contributed by atoms with E-state index in [0.717, 1.165) is 16.0 Å². The molecule has 42 heavy (non-hydrogen) atoms. The molecule has 1 aliphatic heterocycles. The van der Waals surface area contributed by atoms with E-state index in [2.05, 4.69) is 10.6 Å². The monoisotopic (exact) mass is 613 g/mol. The number of hydrogen-bond acceptors (Lipinski definition) is 6. The fraction of sp³-hybridized carbons (Fsp3) is 0.323. The van der Waals surface area contributed by atoms with Crippen LogP contribution in [-0.2, 0) is 22.6 Å². The summed E-state index contributed by atoms with van der Waals surface area (Å²) >= 11 is 12.3. The van der Waals surface area contributed by atoms with Gasteiger partial charge < -0.3 is 30.9 Å². The molecule has 4 unspecified atom stereocenters. The predicted octanol–water partition coefficient (Wildman–Crippen LogP) is 3.30. The highest BCUT2D eigenvalue weighted by atomic mass is 35.5. The van der Waals surface area contributed by atoms with Crippen LogP contribution in [0.3, 0.4) is 0 Å². The molecule has 222 valence electrons. The van der Waals surface area contributed by atoms with Crippen LogP contribution in [0.4, 0.5) is 0 Å². The number of carbonyl (C=O) groups excluding carboxylic acids is 3. The summed E-state index contributed by atoms with van der Waals surface area (Å²) < 4.78 is 0. The summed E-state index contributed by atoms with van der Waals surface area (Å²) in [5.41, 5.74) is 2.75. The Balaban J connectivity index is 1.53. The van der Waals surface area contributed by atoms with Gasteiger partial charge in [-0.25, -0.2) is 0 Å². The van der Waals surface area contributed by atoms with Crippen LogP contribution >= 0.6 is 23.2 Å². The van der Waals surface area contributed by atoms with Gasteiger partial charge >= 0.3 is 0 Å². The first-order chi connectivity index (χ1) is 20.0. The van der Waals surface area contributed by atoms with E-state index in [4.69, 9.17) is 23.2 Å². The van der Waals surface area contributed by atoms with Crippen molar-refractivity contribution < 1.29 is 29.7 Å². The van der Waals surface area contributed by atoms with E-state index in [9.17, 15) is 29.7 Å². The molecule has 3 aromatic carbocycles. The van der Waals surface area contributed by atoms with Crippen molar-refractivity contribution in [3.63, 3.8) is 0 Å². The van der Waals surface area contributed by atoms with Gasteiger partial charge in [0, 0.05) is 40.7 Å². The number of rotatable bonds is 9. The van der Waals surface area contributed by atoms with Gasteiger partial charge in [-0.3, -0.25) is 14.4 Å². The normalized spacial score (nSPS) is 17.9. The van der Waals surface area contributed by atoms with E-state index in [1.807, 2.05) is 13.0 Å². The van der Waals surface area contributed by atoms with Crippen molar-refractivity contribution in [2.24, 2.45) is 0 Å². The second-order valence-corrected chi connectivity index (χ2v) is 11.3. The summed E-state index contributed by atoms with van der Waals surface area (Å²) in [6.07, 6.45) is -2.62. The van der Waals surface area contributed by atoms with Crippen LogP contribution in [0.25, 0.3) is 0 Å². The van der Waals surface area contributed by atoms with Gasteiger partial charge in [0.25, 0.3) is 11.8 Å². The Labute approximate surface area is 254 Å². The molecule has 0 aliphatic carbocycles. The highest BCUT2D eigenvalue weighted by Gasteiger charge is 2.43. The number of aliphatic hydroxyl groups is 2. The third-order valence-corrected chi connectivity index (χ3v) is 8.04. The Kier molecular flexibility index (Phi) is 10.1. The van der Waals surface area contributed by atoms with Crippen molar-refractivity contribution in [2.75, 3.05) is 6.54 Å². The van der Waals surface area contributed by atoms with Gasteiger partial charge in [0.15, 0.2) is 6.10 Å². The number of aromatic hydroxyl groups is 1. The molecule has 0 saturated carbocycles. The first kappa shape index (κ1) is 31.3. The van der Waals surface area contributed by atoms with Gasteiger partial charge in [-0.15, -0.1) is 0 Å². The van der Waals surface area contributed by atoms with Crippen LogP contribution in [-0.4, -0.2) is 68.8 Å². The molecule has 1 fully saturated rings. The topological polar surface area (TPSA) is 139 Å². The van der Waals surface area contributed by atoms with Gasteiger partial charge in [0.2, 0.25) is 5.91 Å². The number of hydrogen-bond donors (Lipinski definition) is 5. The van der Waals surface area contributed by atoms with E-state index in [1.165, 1.54) is 18.2 Å². The Bertz CT molecular complexity index is 1450. The minimum absolute atomic E-state index is 0.0180. The standard InChI is InChI=1S/C31H33Cl2N3O6/c1-17-11-20(32)13-24(33)23(17)15-34-30(41)26-14-21(37)16-36(26)31(42)28(39)25(12-19-7-4-3-5-8-19)35-29(40)22-9-6-10-27(38)18(22)2/h3-11,13,21,25-26,28,37-39H,12,14-16H2,1-2H3,(H,34,41)(H,35,40). The molecule has 0 bridgehead atoms. The predicted molar refractivity (Wildman–Crippen MR) is 159 cm³/mol. The third kappa shape index (κ3) is 7.22. The number of halogens is 2. The molecule has 9 nitrogen and oxygen atoms in total. The number of aliphatic hydroxyl groups excluding tert-OH is 2. The molecule has 3 aromatic rings. The average molecular weight is 615 g/mol. The number of aryl methyl sites for hydroxylation is 1. The maximum absolute atomic E-state index is 13.7. The molecule has 11 heteroatoms. The quantitative estimate of drug-likeness (QED) is 0.251. The van der Waals surface area contributed by atoms with Crippen molar-refractivity contribution in [3.8, 4) is 5.75 Å². The van der Waals surface area contributed by atoms with Crippen LogP contribution in [0, 0.1) is 13.8 Å². The van der Waals surface area contributed by atoms with Crippen molar-refractivity contribution in [3.05, 3.63) is 98.5 Å². The molecule has 4 atom stereocenters. The number of amides is 3. The summed E-state index contributed by atoms with van der Waals surface area (Å²) in [5, 5.41) is 38.1. The molecular formula is C31H33Cl2N3O6. The number of nitrogens with zero attached hydrogens (tertiary/aromatic N) is 1. The number of β-amino-alcohol motifs (C(OH)–C–C–N with tert-alkyl or cyclic N) is 1. The van der Waals surface area contributed by atoms with Gasteiger partial charge in [-0.1, -0.05) is 59.6 Å². The number of carbonyl (C=O) groups is 3. The molecule has 3 amide bonds. The zero-order chi connectivity index (χ0) is 30.6. The van der Waals surface area contributed by atoms with E-state index in [0.29, 0.717) is 21.2 Å². The van der Waals surface area contributed by atoms with E-state index in [1.54, 1.807) is 43.3 Å². The molecule has 0 spiro atoms. The van der Waals surface area contributed by atoms with E-state index >= 15 is 0 Å². The van der Waals surface area contributed by atoms with Crippen molar-refractivity contribution >= 4 is 40.9 Å². The fourth-order valence-corrected chi connectivity index (χ4v) is 5.78. The largest absolute Gasteiger partial charge is 0.508 e. The maximum Gasteiger partial charge on any atom is 0.254 e. The molecular weight excluding hydrogens is 581 g/mol. The van der Waals surface area contributed by atoms with Gasteiger partial charge in [0.05, 0.1) is 12.1 Å². The Morgan fingerprint density at radius 3 is 2.45 bits per heavy atom. The number of likely N-dealkylation sites (tertiary alicyclic amines) is 1. The second-order valence-electron chi connectivity index (χ2n) is 10.5. The minimum atomic E-state index is -1.74. The number of nitrogens with one attached hydrogen (secondary N) is 2. The lowest BCUT2D eigenvalue weighted by Crippen LogP contribution is -2.55. The van der Waals surface area contributed by atoms with Crippen molar-refractivity contribution in [2.45, 2.75) is 57.5 Å². The Morgan fingerprint density at radius 2 is 1.76 bits per heavy atom. The van der Waals surface area contributed by atoms with Crippen LogP contribution in [0.2, 0.25) is 10.0 Å². The lowest BCUT2D eigenvalue weighted by Gasteiger charge is -2.30. The van der Waals surface area contributed by atoms with Gasteiger partial charge in [0.1, 0.15) is 11.8 Å². The summed E-state index contributed by atoms with van der Waals surface area (Å²) in [7, 11) is 0.